The largest absolute Gasteiger partial charge is 0.466 e. The summed E-state index contributed by atoms with van der Waals surface area (Å²) in [5, 5.41) is 11.6. The number of nitrogens with zero attached hydrogens (tertiary/aromatic N) is 3. The van der Waals surface area contributed by atoms with E-state index in [1.54, 1.807) is 12.1 Å². The summed E-state index contributed by atoms with van der Waals surface area (Å²) >= 11 is 0. The summed E-state index contributed by atoms with van der Waals surface area (Å²) in [5.74, 6) is -0.497. The Kier molecular flexibility index (Phi) is 6.97. The molecule has 0 atom stereocenters. The van der Waals surface area contributed by atoms with Crippen LogP contribution in [0.15, 0.2) is 54.6 Å². The van der Waals surface area contributed by atoms with E-state index in [1.165, 1.54) is 30.9 Å². The molecule has 1 aliphatic heterocycles. The van der Waals surface area contributed by atoms with Crippen LogP contribution in [-0.4, -0.2) is 55.6 Å². The third-order valence-electron chi connectivity index (χ3n) is 5.08. The van der Waals surface area contributed by atoms with E-state index in [2.05, 4.69) is 38.8 Å². The zero-order valence-electron chi connectivity index (χ0n) is 16.5. The van der Waals surface area contributed by atoms with Crippen molar-refractivity contribution in [3.8, 4) is 0 Å². The predicted molar refractivity (Wildman–Crippen MR) is 113 cm³/mol. The Morgan fingerprint density at radius 3 is 2.52 bits per heavy atom. The summed E-state index contributed by atoms with van der Waals surface area (Å²) in [6, 6.07) is 15.4. The molecule has 7 heteroatoms. The standard InChI is InChI=1S/C22H25N3O4/c1-29-22(26)10-8-19-7-9-20(21(17-19)25(27)28)24-15-13-23(14-16-24)12-11-18-5-3-2-4-6-18/h2-10,17H,11-16H2,1H3/b10-8+. The van der Waals surface area contributed by atoms with Crippen LogP contribution in [0.25, 0.3) is 6.08 Å². The summed E-state index contributed by atoms with van der Waals surface area (Å²) < 4.78 is 4.55. The van der Waals surface area contributed by atoms with Crippen molar-refractivity contribution >= 4 is 23.4 Å². The van der Waals surface area contributed by atoms with Crippen LogP contribution in [0.5, 0.6) is 0 Å². The lowest BCUT2D eigenvalue weighted by Crippen LogP contribution is -2.47. The second kappa shape index (κ2) is 9.84. The summed E-state index contributed by atoms with van der Waals surface area (Å²) in [7, 11) is 1.29. The number of benzene rings is 2. The Bertz CT molecular complexity index is 875. The quantitative estimate of drug-likeness (QED) is 0.310. The minimum atomic E-state index is -0.497. The third-order valence-corrected chi connectivity index (χ3v) is 5.08. The molecule has 152 valence electrons. The van der Waals surface area contributed by atoms with Gasteiger partial charge in [-0.1, -0.05) is 36.4 Å². The van der Waals surface area contributed by atoms with E-state index < -0.39 is 5.97 Å². The molecule has 0 aliphatic carbocycles. The molecule has 0 amide bonds. The number of anilines is 1. The summed E-state index contributed by atoms with van der Waals surface area (Å²) in [6.45, 7) is 4.21. The van der Waals surface area contributed by atoms with E-state index >= 15 is 0 Å². The van der Waals surface area contributed by atoms with Gasteiger partial charge in [-0.2, -0.15) is 0 Å². The second-order valence-electron chi connectivity index (χ2n) is 6.93. The average molecular weight is 395 g/mol. The maximum atomic E-state index is 11.6. The molecular formula is C22H25N3O4. The predicted octanol–water partition coefficient (Wildman–Crippen LogP) is 3.15. The highest BCUT2D eigenvalue weighted by Gasteiger charge is 2.23. The molecule has 0 aromatic heterocycles. The molecule has 1 saturated heterocycles. The first-order valence-electron chi connectivity index (χ1n) is 9.62. The van der Waals surface area contributed by atoms with Gasteiger partial charge in [-0.05, 0) is 29.7 Å². The van der Waals surface area contributed by atoms with E-state index in [4.69, 9.17) is 0 Å². The molecule has 0 bridgehead atoms. The molecule has 0 N–H and O–H groups in total. The Morgan fingerprint density at radius 2 is 1.86 bits per heavy atom. The first kappa shape index (κ1) is 20.5. The first-order valence-corrected chi connectivity index (χ1v) is 9.62. The Hall–Kier alpha value is -3.19. The van der Waals surface area contributed by atoms with Crippen molar-refractivity contribution in [2.45, 2.75) is 6.42 Å². The Morgan fingerprint density at radius 1 is 1.14 bits per heavy atom. The van der Waals surface area contributed by atoms with Crippen LogP contribution in [0.4, 0.5) is 11.4 Å². The zero-order chi connectivity index (χ0) is 20.6. The second-order valence-corrected chi connectivity index (χ2v) is 6.93. The summed E-state index contributed by atoms with van der Waals surface area (Å²) in [4.78, 5) is 26.9. The number of esters is 1. The number of ether oxygens (including phenoxy) is 1. The van der Waals surface area contributed by atoms with Gasteiger partial charge in [-0.25, -0.2) is 4.79 Å². The summed E-state index contributed by atoms with van der Waals surface area (Å²) in [6.07, 6.45) is 3.77. The molecule has 1 fully saturated rings. The van der Waals surface area contributed by atoms with E-state index in [0.717, 1.165) is 39.1 Å². The molecule has 0 spiro atoms. The van der Waals surface area contributed by atoms with Gasteiger partial charge in [-0.3, -0.25) is 15.0 Å². The monoisotopic (exact) mass is 395 g/mol. The smallest absolute Gasteiger partial charge is 0.330 e. The molecule has 0 saturated carbocycles. The minimum Gasteiger partial charge on any atom is -0.466 e. The van der Waals surface area contributed by atoms with E-state index in [-0.39, 0.29) is 10.6 Å². The number of hydrogen-bond acceptors (Lipinski definition) is 6. The minimum absolute atomic E-state index is 0.0507. The van der Waals surface area contributed by atoms with Crippen molar-refractivity contribution in [2.24, 2.45) is 0 Å². The van der Waals surface area contributed by atoms with E-state index in [0.29, 0.717) is 11.3 Å². The molecule has 1 heterocycles. The molecule has 0 radical (unpaired) electrons. The number of nitro benzene ring substituents is 1. The van der Waals surface area contributed by atoms with Gasteiger partial charge >= 0.3 is 5.97 Å². The van der Waals surface area contributed by atoms with Crippen molar-refractivity contribution in [1.82, 2.24) is 4.90 Å². The number of hydrogen-bond donors (Lipinski definition) is 0. The van der Waals surface area contributed by atoms with Gasteiger partial charge in [0, 0.05) is 44.9 Å². The van der Waals surface area contributed by atoms with Gasteiger partial charge in [0.2, 0.25) is 0 Å². The van der Waals surface area contributed by atoms with Crippen LogP contribution < -0.4 is 4.90 Å². The molecule has 3 rings (SSSR count). The highest BCUT2D eigenvalue weighted by Crippen LogP contribution is 2.30. The lowest BCUT2D eigenvalue weighted by Gasteiger charge is -2.35. The van der Waals surface area contributed by atoms with Crippen LogP contribution in [-0.2, 0) is 16.0 Å². The first-order chi connectivity index (χ1) is 14.1. The fraction of sp³-hybridized carbons (Fsp3) is 0.318. The van der Waals surface area contributed by atoms with Crippen molar-refractivity contribution in [3.05, 3.63) is 75.8 Å². The van der Waals surface area contributed by atoms with Gasteiger partial charge in [0.25, 0.3) is 5.69 Å². The molecule has 7 nitrogen and oxygen atoms in total. The molecule has 2 aromatic carbocycles. The highest BCUT2D eigenvalue weighted by molar-refractivity contribution is 5.87. The molecule has 0 unspecified atom stereocenters. The van der Waals surface area contributed by atoms with Crippen molar-refractivity contribution in [2.75, 3.05) is 44.7 Å². The van der Waals surface area contributed by atoms with Crippen molar-refractivity contribution in [1.29, 1.82) is 0 Å². The number of carbonyl (C=O) groups is 1. The van der Waals surface area contributed by atoms with Crippen LogP contribution in [0.3, 0.4) is 0 Å². The number of methoxy groups -OCH3 is 1. The van der Waals surface area contributed by atoms with Gasteiger partial charge in [-0.15, -0.1) is 0 Å². The Balaban J connectivity index is 1.62. The molecule has 29 heavy (non-hydrogen) atoms. The van der Waals surface area contributed by atoms with Gasteiger partial charge in [0.05, 0.1) is 12.0 Å². The normalized spacial score (nSPS) is 14.9. The fourth-order valence-electron chi connectivity index (χ4n) is 3.43. The topological polar surface area (TPSA) is 75.9 Å². The highest BCUT2D eigenvalue weighted by atomic mass is 16.6. The average Bonchev–Trinajstić information content (AvgIpc) is 2.77. The maximum absolute atomic E-state index is 11.6. The SMILES string of the molecule is COC(=O)/C=C/c1ccc(N2CCN(CCc3ccccc3)CC2)c([N+](=O)[O-])c1. The maximum Gasteiger partial charge on any atom is 0.330 e. The summed E-state index contributed by atoms with van der Waals surface area (Å²) in [5.41, 5.74) is 2.58. The lowest BCUT2D eigenvalue weighted by molar-refractivity contribution is -0.384. The molecule has 2 aromatic rings. The van der Waals surface area contributed by atoms with Crippen LogP contribution in [0.1, 0.15) is 11.1 Å². The van der Waals surface area contributed by atoms with Crippen molar-refractivity contribution in [3.63, 3.8) is 0 Å². The van der Waals surface area contributed by atoms with Gasteiger partial charge in [0.15, 0.2) is 0 Å². The number of carbonyl (C=O) groups excluding carboxylic acids is 1. The Labute approximate surface area is 170 Å². The molecular weight excluding hydrogens is 370 g/mol. The number of rotatable bonds is 7. The number of piperazine rings is 1. The fourth-order valence-corrected chi connectivity index (χ4v) is 3.43. The van der Waals surface area contributed by atoms with Gasteiger partial charge in [0.1, 0.15) is 5.69 Å². The van der Waals surface area contributed by atoms with Crippen LogP contribution in [0, 0.1) is 10.1 Å². The lowest BCUT2D eigenvalue weighted by atomic mass is 10.1. The molecule has 1 aliphatic rings. The zero-order valence-corrected chi connectivity index (χ0v) is 16.5. The van der Waals surface area contributed by atoms with Gasteiger partial charge < -0.3 is 9.64 Å². The van der Waals surface area contributed by atoms with E-state index in [9.17, 15) is 14.9 Å². The third kappa shape index (κ3) is 5.65. The van der Waals surface area contributed by atoms with E-state index in [1.807, 2.05) is 6.07 Å². The van der Waals surface area contributed by atoms with Crippen LogP contribution in [0.2, 0.25) is 0 Å². The van der Waals surface area contributed by atoms with Crippen molar-refractivity contribution < 1.29 is 14.5 Å². The van der Waals surface area contributed by atoms with Crippen LogP contribution >= 0.6 is 0 Å². The number of nitro groups is 1.